The van der Waals surface area contributed by atoms with E-state index in [4.69, 9.17) is 10.8 Å². The van der Waals surface area contributed by atoms with Gasteiger partial charge in [-0.05, 0) is 12.8 Å². The van der Waals surface area contributed by atoms with E-state index in [1.54, 1.807) is 0 Å². The Kier molecular flexibility index (Phi) is 8.15. The smallest absolute Gasteiger partial charge is 0.341 e. The number of methoxy groups -OCH3 is 1. The van der Waals surface area contributed by atoms with Crippen LogP contribution in [-0.2, 0) is 9.53 Å². The Balaban J connectivity index is 4.61. The summed E-state index contributed by atoms with van der Waals surface area (Å²) in [4.78, 5) is 15.4. The molecule has 0 aliphatic rings. The number of hydrogen-bond donors (Lipinski definition) is 2. The zero-order chi connectivity index (χ0) is 12.4. The van der Waals surface area contributed by atoms with Crippen LogP contribution in [0.5, 0.6) is 0 Å². The van der Waals surface area contributed by atoms with E-state index in [1.807, 2.05) is 6.92 Å². The number of nitrogens with zero attached hydrogens (tertiary/aromatic N) is 1. The lowest BCUT2D eigenvalue weighted by molar-refractivity contribution is -0.135. The summed E-state index contributed by atoms with van der Waals surface area (Å²) in [6, 6.07) is 0. The largest absolute Gasteiger partial charge is 0.465 e. The number of nitrogens with two attached hydrogens (primary N) is 1. The van der Waals surface area contributed by atoms with Crippen molar-refractivity contribution in [2.75, 3.05) is 20.3 Å². The average Bonchev–Trinajstić information content (AvgIpc) is 2.28. The summed E-state index contributed by atoms with van der Waals surface area (Å²) in [5.74, 6) is -0.473. The lowest BCUT2D eigenvalue weighted by Gasteiger charge is -2.04. The molecule has 0 amide bonds. The number of hydrogen-bond acceptors (Lipinski definition) is 5. The zero-order valence-corrected chi connectivity index (χ0v) is 9.90. The summed E-state index contributed by atoms with van der Waals surface area (Å²) in [5, 5.41) is 8.58. The second-order valence-electron chi connectivity index (χ2n) is 3.29. The van der Waals surface area contributed by atoms with E-state index in [9.17, 15) is 4.79 Å². The van der Waals surface area contributed by atoms with Crippen LogP contribution in [-0.4, -0.2) is 37.6 Å². The van der Waals surface area contributed by atoms with Gasteiger partial charge in [0.05, 0.1) is 12.7 Å². The Labute approximate surface area is 96.0 Å². The molecule has 0 aliphatic heterocycles. The molecule has 0 aromatic rings. The summed E-state index contributed by atoms with van der Waals surface area (Å²) >= 11 is 0. The van der Waals surface area contributed by atoms with Gasteiger partial charge in [0.25, 0.3) is 0 Å². The minimum atomic E-state index is -0.473. The Morgan fingerprint density at radius 1 is 1.56 bits per heavy atom. The van der Waals surface area contributed by atoms with Gasteiger partial charge in [0, 0.05) is 25.1 Å². The minimum absolute atomic E-state index is 0.0824. The predicted molar refractivity (Wildman–Crippen MR) is 63.2 cm³/mol. The van der Waals surface area contributed by atoms with E-state index in [1.165, 1.54) is 13.3 Å². The third-order valence-corrected chi connectivity index (χ3v) is 1.94. The highest BCUT2D eigenvalue weighted by atomic mass is 16.5. The molecule has 3 N–H and O–H groups in total. The average molecular weight is 228 g/mol. The molecule has 0 aliphatic carbocycles. The minimum Gasteiger partial charge on any atom is -0.465 e. The number of aliphatic hydroxyl groups excluding tert-OH is 1. The zero-order valence-electron chi connectivity index (χ0n) is 9.90. The first-order chi connectivity index (χ1) is 7.67. The maximum atomic E-state index is 11.4. The van der Waals surface area contributed by atoms with Gasteiger partial charge in [0.2, 0.25) is 0 Å². The second-order valence-corrected chi connectivity index (χ2v) is 3.29. The molecule has 0 aromatic heterocycles. The predicted octanol–water partition coefficient (Wildman–Crippen LogP) is 0.625. The maximum absolute atomic E-state index is 11.4. The SMILES string of the molecule is CCCC(N)=C(C=NCCCO)C(=O)OC. The number of carbonyl (C=O) groups is 1. The number of esters is 1. The first-order valence-electron chi connectivity index (χ1n) is 5.35. The fourth-order valence-corrected chi connectivity index (χ4v) is 1.10. The number of carbonyl (C=O) groups excluding carboxylic acids is 1. The molecule has 0 heterocycles. The molecule has 0 saturated heterocycles. The van der Waals surface area contributed by atoms with Gasteiger partial charge in [-0.3, -0.25) is 4.99 Å². The number of allylic oxidation sites excluding steroid dienone is 1. The van der Waals surface area contributed by atoms with Crippen LogP contribution in [0.1, 0.15) is 26.2 Å². The molecule has 0 radical (unpaired) electrons. The van der Waals surface area contributed by atoms with Crippen molar-refractivity contribution in [2.24, 2.45) is 10.7 Å². The van der Waals surface area contributed by atoms with Gasteiger partial charge >= 0.3 is 5.97 Å². The monoisotopic (exact) mass is 228 g/mol. The highest BCUT2D eigenvalue weighted by molar-refractivity contribution is 6.10. The van der Waals surface area contributed by atoms with Gasteiger partial charge in [0.1, 0.15) is 0 Å². The molecule has 0 unspecified atom stereocenters. The molecular formula is C11H20N2O3. The molecule has 0 bridgehead atoms. The number of rotatable bonds is 7. The van der Waals surface area contributed by atoms with E-state index >= 15 is 0 Å². The van der Waals surface area contributed by atoms with Gasteiger partial charge in [-0.2, -0.15) is 0 Å². The van der Waals surface area contributed by atoms with Crippen molar-refractivity contribution in [2.45, 2.75) is 26.2 Å². The van der Waals surface area contributed by atoms with E-state index < -0.39 is 5.97 Å². The topological polar surface area (TPSA) is 84.9 Å². The standard InChI is InChI=1S/C11H20N2O3/c1-3-5-10(12)9(11(15)16-2)8-13-6-4-7-14/h8,14H,3-7,12H2,1-2H3. The van der Waals surface area contributed by atoms with E-state index in [-0.39, 0.29) is 6.61 Å². The first-order valence-corrected chi connectivity index (χ1v) is 5.35. The van der Waals surface area contributed by atoms with Gasteiger partial charge < -0.3 is 15.6 Å². The van der Waals surface area contributed by atoms with Gasteiger partial charge in [-0.1, -0.05) is 13.3 Å². The van der Waals surface area contributed by atoms with E-state index in [0.717, 1.165) is 6.42 Å². The van der Waals surface area contributed by atoms with Crippen molar-refractivity contribution in [1.82, 2.24) is 0 Å². The van der Waals surface area contributed by atoms with E-state index in [2.05, 4.69) is 9.73 Å². The fraction of sp³-hybridized carbons (Fsp3) is 0.636. The lowest BCUT2D eigenvalue weighted by Crippen LogP contribution is -2.14. The summed E-state index contributed by atoms with van der Waals surface area (Å²) in [5.41, 5.74) is 6.55. The Morgan fingerprint density at radius 3 is 2.75 bits per heavy atom. The number of aliphatic imine (C=N–C) groups is 1. The fourth-order valence-electron chi connectivity index (χ4n) is 1.10. The molecule has 0 atom stereocenters. The molecule has 0 fully saturated rings. The van der Waals surface area contributed by atoms with Crippen LogP contribution in [0.15, 0.2) is 16.3 Å². The van der Waals surface area contributed by atoms with Crippen molar-refractivity contribution in [1.29, 1.82) is 0 Å². The van der Waals surface area contributed by atoms with Crippen molar-refractivity contribution >= 4 is 12.2 Å². The van der Waals surface area contributed by atoms with Crippen molar-refractivity contribution < 1.29 is 14.6 Å². The van der Waals surface area contributed by atoms with Gasteiger partial charge in [-0.25, -0.2) is 4.79 Å². The Bertz CT molecular complexity index is 272. The highest BCUT2D eigenvalue weighted by Gasteiger charge is 2.11. The van der Waals surface area contributed by atoms with Crippen molar-refractivity contribution in [3.63, 3.8) is 0 Å². The quantitative estimate of drug-likeness (QED) is 0.289. The summed E-state index contributed by atoms with van der Waals surface area (Å²) in [7, 11) is 1.31. The summed E-state index contributed by atoms with van der Waals surface area (Å²) < 4.78 is 4.62. The molecule has 5 nitrogen and oxygen atoms in total. The Morgan fingerprint density at radius 2 is 2.25 bits per heavy atom. The first kappa shape index (κ1) is 14.6. The third-order valence-electron chi connectivity index (χ3n) is 1.94. The van der Waals surface area contributed by atoms with Crippen molar-refractivity contribution in [3.8, 4) is 0 Å². The molecule has 92 valence electrons. The maximum Gasteiger partial charge on any atom is 0.341 e. The second kappa shape index (κ2) is 8.91. The van der Waals surface area contributed by atoms with Crippen LogP contribution in [0.4, 0.5) is 0 Å². The molecule has 5 heteroatoms. The number of aliphatic hydroxyl groups is 1. The van der Waals surface area contributed by atoms with Crippen LogP contribution < -0.4 is 5.73 Å². The Hall–Kier alpha value is -1.36. The molecule has 0 saturated carbocycles. The van der Waals surface area contributed by atoms with Gasteiger partial charge in [-0.15, -0.1) is 0 Å². The lowest BCUT2D eigenvalue weighted by atomic mass is 10.1. The molecule has 0 aromatic carbocycles. The van der Waals surface area contributed by atoms with E-state index in [0.29, 0.717) is 30.7 Å². The van der Waals surface area contributed by atoms with Crippen LogP contribution in [0.3, 0.4) is 0 Å². The molecule has 16 heavy (non-hydrogen) atoms. The molecular weight excluding hydrogens is 208 g/mol. The summed E-state index contributed by atoms with van der Waals surface area (Å²) in [6.45, 7) is 2.53. The van der Waals surface area contributed by atoms with Crippen molar-refractivity contribution in [3.05, 3.63) is 11.3 Å². The third kappa shape index (κ3) is 5.50. The van der Waals surface area contributed by atoms with Gasteiger partial charge in [0.15, 0.2) is 0 Å². The normalized spacial score (nSPS) is 12.7. The number of ether oxygens (including phenoxy) is 1. The van der Waals surface area contributed by atoms with Crippen LogP contribution in [0.25, 0.3) is 0 Å². The van der Waals surface area contributed by atoms with Crippen LogP contribution >= 0.6 is 0 Å². The molecule has 0 spiro atoms. The molecule has 0 rings (SSSR count). The highest BCUT2D eigenvalue weighted by Crippen LogP contribution is 2.05. The summed E-state index contributed by atoms with van der Waals surface area (Å²) in [6.07, 6.45) is 3.48. The van der Waals surface area contributed by atoms with Crippen LogP contribution in [0, 0.1) is 0 Å². The van der Waals surface area contributed by atoms with Crippen LogP contribution in [0.2, 0.25) is 0 Å².